The highest BCUT2D eigenvalue weighted by Crippen LogP contribution is 2.26. The van der Waals surface area contributed by atoms with Gasteiger partial charge in [-0.05, 0) is 42.5 Å². The Hall–Kier alpha value is -1.19. The number of rotatable bonds is 7. The Bertz CT molecular complexity index is 492. The third-order valence-corrected chi connectivity index (χ3v) is 4.59. The first-order valence-corrected chi connectivity index (χ1v) is 8.13. The van der Waals surface area contributed by atoms with Gasteiger partial charge in [-0.15, -0.1) is 11.3 Å². The van der Waals surface area contributed by atoms with Crippen LogP contribution < -0.4 is 5.32 Å². The van der Waals surface area contributed by atoms with Gasteiger partial charge in [0.1, 0.15) is 5.82 Å². The van der Waals surface area contributed by atoms with Crippen molar-refractivity contribution in [2.45, 2.75) is 45.2 Å². The second kappa shape index (κ2) is 7.55. The van der Waals surface area contributed by atoms with Crippen molar-refractivity contribution in [2.24, 2.45) is 0 Å². The van der Waals surface area contributed by atoms with Crippen LogP contribution >= 0.6 is 11.3 Å². The summed E-state index contributed by atoms with van der Waals surface area (Å²) in [6.45, 7) is 4.39. The van der Waals surface area contributed by atoms with Crippen molar-refractivity contribution in [3.8, 4) is 0 Å². The van der Waals surface area contributed by atoms with E-state index in [1.54, 1.807) is 23.5 Å². The van der Waals surface area contributed by atoms with E-state index in [4.69, 9.17) is 0 Å². The lowest BCUT2D eigenvalue weighted by molar-refractivity contribution is 0.434. The summed E-state index contributed by atoms with van der Waals surface area (Å²) in [6.07, 6.45) is 3.43. The highest BCUT2D eigenvalue weighted by atomic mass is 32.1. The fourth-order valence-electron chi connectivity index (χ4n) is 2.37. The van der Waals surface area contributed by atoms with Gasteiger partial charge in [0.2, 0.25) is 0 Å². The molecule has 0 aliphatic heterocycles. The lowest BCUT2D eigenvalue weighted by Gasteiger charge is -2.23. The Morgan fingerprint density at radius 3 is 2.55 bits per heavy atom. The summed E-state index contributed by atoms with van der Waals surface area (Å²) < 4.78 is 13.1. The minimum absolute atomic E-state index is 0.172. The van der Waals surface area contributed by atoms with Crippen LogP contribution in [-0.2, 0) is 0 Å². The van der Waals surface area contributed by atoms with Crippen molar-refractivity contribution >= 4 is 11.3 Å². The van der Waals surface area contributed by atoms with E-state index in [0.29, 0.717) is 6.04 Å². The molecule has 1 aromatic heterocycles. The quantitative estimate of drug-likeness (QED) is 0.713. The molecule has 1 aromatic carbocycles. The van der Waals surface area contributed by atoms with E-state index in [0.717, 1.165) is 6.42 Å². The average Bonchev–Trinajstić information content (AvgIpc) is 2.98. The Labute approximate surface area is 124 Å². The molecule has 0 bridgehead atoms. The van der Waals surface area contributed by atoms with E-state index in [1.807, 2.05) is 12.1 Å². The first-order chi connectivity index (χ1) is 9.70. The van der Waals surface area contributed by atoms with Gasteiger partial charge in [-0.25, -0.2) is 4.39 Å². The highest BCUT2D eigenvalue weighted by Gasteiger charge is 2.15. The van der Waals surface area contributed by atoms with Gasteiger partial charge in [-0.2, -0.15) is 0 Å². The molecule has 0 fully saturated rings. The van der Waals surface area contributed by atoms with Gasteiger partial charge >= 0.3 is 0 Å². The zero-order valence-corrected chi connectivity index (χ0v) is 12.9. The third-order valence-electron chi connectivity index (χ3n) is 3.54. The molecule has 1 unspecified atom stereocenters. The summed E-state index contributed by atoms with van der Waals surface area (Å²) in [7, 11) is 0. The van der Waals surface area contributed by atoms with Crippen molar-refractivity contribution in [1.82, 2.24) is 5.32 Å². The normalized spacial score (nSPS) is 14.2. The molecule has 20 heavy (non-hydrogen) atoms. The topological polar surface area (TPSA) is 12.0 Å². The number of halogens is 1. The van der Waals surface area contributed by atoms with E-state index < -0.39 is 0 Å². The molecule has 108 valence electrons. The standard InChI is InChI=1S/C17H22FNS/c1-3-4-6-16(14-8-10-15(18)11-9-14)19-13(2)17-7-5-12-20-17/h5,7-13,16,19H,3-4,6H2,1-2H3/t13-,16?/m0/s1. The summed E-state index contributed by atoms with van der Waals surface area (Å²) in [4.78, 5) is 1.34. The molecule has 1 nitrogen and oxygen atoms in total. The lowest BCUT2D eigenvalue weighted by Crippen LogP contribution is -2.24. The maximum atomic E-state index is 13.1. The van der Waals surface area contributed by atoms with Crippen molar-refractivity contribution < 1.29 is 4.39 Å². The van der Waals surface area contributed by atoms with E-state index >= 15 is 0 Å². The van der Waals surface area contributed by atoms with Crippen molar-refractivity contribution in [3.05, 3.63) is 58.0 Å². The van der Waals surface area contributed by atoms with Crippen LogP contribution in [0.2, 0.25) is 0 Å². The Kier molecular flexibility index (Phi) is 5.74. The van der Waals surface area contributed by atoms with Crippen LogP contribution in [0.1, 0.15) is 55.6 Å². The number of thiophene rings is 1. The molecule has 1 N–H and O–H groups in total. The molecule has 2 rings (SSSR count). The van der Waals surface area contributed by atoms with Gasteiger partial charge in [0.15, 0.2) is 0 Å². The molecule has 0 radical (unpaired) electrons. The molecule has 3 heteroatoms. The van der Waals surface area contributed by atoms with Gasteiger partial charge in [0.05, 0.1) is 0 Å². The second-order valence-electron chi connectivity index (χ2n) is 5.15. The van der Waals surface area contributed by atoms with Crippen LogP contribution in [0.4, 0.5) is 4.39 Å². The molecule has 0 spiro atoms. The molecule has 0 saturated carbocycles. The summed E-state index contributed by atoms with van der Waals surface area (Å²) in [5, 5.41) is 5.78. The van der Waals surface area contributed by atoms with Crippen LogP contribution in [-0.4, -0.2) is 0 Å². The van der Waals surface area contributed by atoms with Gasteiger partial charge < -0.3 is 5.32 Å². The number of hydrogen-bond acceptors (Lipinski definition) is 2. The largest absolute Gasteiger partial charge is 0.303 e. The Morgan fingerprint density at radius 1 is 1.20 bits per heavy atom. The molecule has 0 saturated heterocycles. The zero-order valence-electron chi connectivity index (χ0n) is 12.1. The molecule has 0 aliphatic rings. The van der Waals surface area contributed by atoms with Crippen LogP contribution in [0.25, 0.3) is 0 Å². The van der Waals surface area contributed by atoms with E-state index in [2.05, 4.69) is 36.7 Å². The Balaban J connectivity index is 2.08. The van der Waals surface area contributed by atoms with Crippen LogP contribution in [0.5, 0.6) is 0 Å². The van der Waals surface area contributed by atoms with Crippen molar-refractivity contribution in [3.63, 3.8) is 0 Å². The molecular weight excluding hydrogens is 269 g/mol. The number of unbranched alkanes of at least 4 members (excludes halogenated alkanes) is 1. The monoisotopic (exact) mass is 291 g/mol. The van der Waals surface area contributed by atoms with Crippen LogP contribution in [0, 0.1) is 5.82 Å². The minimum atomic E-state index is -0.172. The lowest BCUT2D eigenvalue weighted by atomic mass is 10.00. The predicted molar refractivity (Wildman–Crippen MR) is 84.5 cm³/mol. The summed E-state index contributed by atoms with van der Waals surface area (Å²) in [5.41, 5.74) is 1.17. The summed E-state index contributed by atoms with van der Waals surface area (Å²) in [5.74, 6) is -0.172. The van der Waals surface area contributed by atoms with Crippen molar-refractivity contribution in [1.29, 1.82) is 0 Å². The maximum absolute atomic E-state index is 13.1. The number of hydrogen-bond donors (Lipinski definition) is 1. The van der Waals surface area contributed by atoms with E-state index in [-0.39, 0.29) is 11.9 Å². The Morgan fingerprint density at radius 2 is 1.95 bits per heavy atom. The highest BCUT2D eigenvalue weighted by molar-refractivity contribution is 7.10. The maximum Gasteiger partial charge on any atom is 0.123 e. The number of nitrogens with one attached hydrogen (secondary N) is 1. The SMILES string of the molecule is CCCCC(N[C@@H](C)c1cccs1)c1ccc(F)cc1. The number of benzene rings is 1. The smallest absolute Gasteiger partial charge is 0.123 e. The van der Waals surface area contributed by atoms with E-state index in [1.165, 1.54) is 23.3 Å². The van der Waals surface area contributed by atoms with Gasteiger partial charge in [-0.1, -0.05) is 38.0 Å². The van der Waals surface area contributed by atoms with E-state index in [9.17, 15) is 4.39 Å². The second-order valence-corrected chi connectivity index (χ2v) is 6.13. The van der Waals surface area contributed by atoms with Crippen LogP contribution in [0.3, 0.4) is 0 Å². The average molecular weight is 291 g/mol. The van der Waals surface area contributed by atoms with Gasteiger partial charge in [0.25, 0.3) is 0 Å². The van der Waals surface area contributed by atoms with Crippen molar-refractivity contribution in [2.75, 3.05) is 0 Å². The summed E-state index contributed by atoms with van der Waals surface area (Å²) >= 11 is 1.77. The molecule has 2 atom stereocenters. The molecule has 0 aliphatic carbocycles. The molecule has 0 amide bonds. The van der Waals surface area contributed by atoms with Gasteiger partial charge in [-0.3, -0.25) is 0 Å². The van der Waals surface area contributed by atoms with Gasteiger partial charge in [0, 0.05) is 17.0 Å². The first-order valence-electron chi connectivity index (χ1n) is 7.25. The molecule has 1 heterocycles. The minimum Gasteiger partial charge on any atom is -0.303 e. The zero-order chi connectivity index (χ0) is 14.4. The van der Waals surface area contributed by atoms with Crippen LogP contribution in [0.15, 0.2) is 41.8 Å². The first kappa shape index (κ1) is 15.2. The predicted octanol–water partition coefficient (Wildman–Crippen LogP) is 5.47. The molecular formula is C17H22FNS. The summed E-state index contributed by atoms with van der Waals surface area (Å²) in [6, 6.07) is 11.7. The third kappa shape index (κ3) is 4.15. The fourth-order valence-corrected chi connectivity index (χ4v) is 3.11. The molecule has 2 aromatic rings. The fraction of sp³-hybridized carbons (Fsp3) is 0.412.